The van der Waals surface area contributed by atoms with Crippen molar-refractivity contribution in [3.8, 4) is 0 Å². The summed E-state index contributed by atoms with van der Waals surface area (Å²) in [4.78, 5) is 4.61. The fourth-order valence-electron chi connectivity index (χ4n) is 3.07. The maximum absolute atomic E-state index is 12.5. The lowest BCUT2D eigenvalue weighted by Crippen LogP contribution is -2.29. The number of hydrogen-bond donors (Lipinski definition) is 0. The van der Waals surface area contributed by atoms with E-state index in [9.17, 15) is 8.42 Å². The Balaban J connectivity index is 1.83. The van der Waals surface area contributed by atoms with E-state index < -0.39 is 10.1 Å². The summed E-state index contributed by atoms with van der Waals surface area (Å²) in [6.07, 6.45) is 5.11. The van der Waals surface area contributed by atoms with Crippen molar-refractivity contribution in [1.82, 2.24) is 4.98 Å². The predicted molar refractivity (Wildman–Crippen MR) is 88.7 cm³/mol. The summed E-state index contributed by atoms with van der Waals surface area (Å²) in [5, 5.41) is 0. The quantitative estimate of drug-likeness (QED) is 0.799. The van der Waals surface area contributed by atoms with Gasteiger partial charge >= 0.3 is 0 Å². The first-order valence-corrected chi connectivity index (χ1v) is 9.38. The molecule has 122 valence electrons. The minimum Gasteiger partial charge on any atom is -0.262 e. The van der Waals surface area contributed by atoms with E-state index in [1.54, 1.807) is 30.5 Å². The van der Waals surface area contributed by atoms with E-state index >= 15 is 0 Å². The summed E-state index contributed by atoms with van der Waals surface area (Å²) in [6.45, 7) is 1.93. The molecule has 2 aromatic rings. The lowest BCUT2D eigenvalue weighted by Gasteiger charge is -2.30. The first-order chi connectivity index (χ1) is 11.1. The molecule has 1 aromatic heterocycles. The van der Waals surface area contributed by atoms with Crippen molar-refractivity contribution in [3.05, 3.63) is 59.9 Å². The van der Waals surface area contributed by atoms with Gasteiger partial charge in [-0.05, 0) is 44.0 Å². The number of pyridine rings is 1. The van der Waals surface area contributed by atoms with Crippen LogP contribution in [0.15, 0.2) is 53.6 Å². The number of nitrogens with zero attached hydrogens (tertiary/aromatic N) is 1. The number of rotatable bonds is 4. The van der Waals surface area contributed by atoms with Gasteiger partial charge in [-0.1, -0.05) is 36.6 Å². The second-order valence-electron chi connectivity index (χ2n) is 6.05. The molecule has 3 rings (SSSR count). The zero-order valence-corrected chi connectivity index (χ0v) is 14.0. The van der Waals surface area contributed by atoms with Crippen molar-refractivity contribution in [1.29, 1.82) is 0 Å². The van der Waals surface area contributed by atoms with Crippen molar-refractivity contribution in [2.24, 2.45) is 0 Å². The zero-order chi connectivity index (χ0) is 16.3. The smallest absolute Gasteiger partial charge is 0.262 e. The molecule has 0 amide bonds. The van der Waals surface area contributed by atoms with Crippen LogP contribution in [0.5, 0.6) is 0 Å². The Kier molecular flexibility index (Phi) is 4.78. The van der Waals surface area contributed by atoms with E-state index in [0.29, 0.717) is 0 Å². The Bertz CT molecular complexity index is 742. The molecule has 0 bridgehead atoms. The molecule has 0 N–H and O–H groups in total. The summed E-state index contributed by atoms with van der Waals surface area (Å²) >= 11 is 0. The number of hydrogen-bond acceptors (Lipinski definition) is 4. The van der Waals surface area contributed by atoms with E-state index in [0.717, 1.165) is 36.9 Å². The second kappa shape index (κ2) is 6.81. The highest BCUT2D eigenvalue weighted by Gasteiger charge is 2.32. The first kappa shape index (κ1) is 16.1. The summed E-state index contributed by atoms with van der Waals surface area (Å²) in [5.41, 5.74) is 1.93. The molecule has 1 fully saturated rings. The van der Waals surface area contributed by atoms with Crippen molar-refractivity contribution in [3.63, 3.8) is 0 Å². The second-order valence-corrected chi connectivity index (χ2v) is 7.62. The SMILES string of the molecule is Cc1ccc(S(=O)(=O)OC2CCCCC2c2ccccn2)cc1. The van der Waals surface area contributed by atoms with Gasteiger partial charge in [0.05, 0.1) is 11.0 Å². The summed E-state index contributed by atoms with van der Waals surface area (Å²) < 4.78 is 30.7. The summed E-state index contributed by atoms with van der Waals surface area (Å²) in [5.74, 6) is 0.0326. The van der Waals surface area contributed by atoms with Gasteiger partial charge in [-0.2, -0.15) is 8.42 Å². The van der Waals surface area contributed by atoms with Crippen LogP contribution in [0, 0.1) is 6.92 Å². The first-order valence-electron chi connectivity index (χ1n) is 7.97. The average Bonchev–Trinajstić information content (AvgIpc) is 2.56. The Morgan fingerprint density at radius 2 is 1.78 bits per heavy atom. The maximum atomic E-state index is 12.5. The van der Waals surface area contributed by atoms with Crippen molar-refractivity contribution in [2.45, 2.75) is 49.5 Å². The van der Waals surface area contributed by atoms with E-state index in [-0.39, 0.29) is 16.9 Å². The summed E-state index contributed by atoms with van der Waals surface area (Å²) in [6, 6.07) is 12.5. The van der Waals surface area contributed by atoms with Gasteiger partial charge in [0.1, 0.15) is 0 Å². The molecule has 23 heavy (non-hydrogen) atoms. The molecule has 5 heteroatoms. The van der Waals surface area contributed by atoms with E-state index in [2.05, 4.69) is 4.98 Å². The fourth-order valence-corrected chi connectivity index (χ4v) is 4.21. The molecule has 1 aliphatic rings. The van der Waals surface area contributed by atoms with E-state index in [1.165, 1.54) is 0 Å². The van der Waals surface area contributed by atoms with E-state index in [1.807, 2.05) is 25.1 Å². The molecule has 2 unspecified atom stereocenters. The Morgan fingerprint density at radius 3 is 2.48 bits per heavy atom. The molecule has 1 aliphatic carbocycles. The topological polar surface area (TPSA) is 56.3 Å². The van der Waals surface area contributed by atoms with Crippen LogP contribution in [0.3, 0.4) is 0 Å². The van der Waals surface area contributed by atoms with Gasteiger partial charge in [0.25, 0.3) is 10.1 Å². The Labute approximate surface area is 137 Å². The third kappa shape index (κ3) is 3.79. The lowest BCUT2D eigenvalue weighted by molar-refractivity contribution is 0.135. The fraction of sp³-hybridized carbons (Fsp3) is 0.389. The molecule has 1 saturated carbocycles. The molecule has 0 saturated heterocycles. The average molecular weight is 331 g/mol. The Morgan fingerprint density at radius 1 is 1.04 bits per heavy atom. The normalized spacial score (nSPS) is 22.0. The molecular formula is C18H21NO3S. The number of aryl methyl sites for hydroxylation is 1. The van der Waals surface area contributed by atoms with Gasteiger partial charge in [-0.15, -0.1) is 0 Å². The molecule has 0 spiro atoms. The van der Waals surface area contributed by atoms with Gasteiger partial charge < -0.3 is 0 Å². The molecule has 1 aromatic carbocycles. The van der Waals surface area contributed by atoms with Crippen molar-refractivity contribution >= 4 is 10.1 Å². The van der Waals surface area contributed by atoms with Crippen molar-refractivity contribution in [2.75, 3.05) is 0 Å². The molecule has 1 heterocycles. The third-order valence-electron chi connectivity index (χ3n) is 4.33. The maximum Gasteiger partial charge on any atom is 0.297 e. The Hall–Kier alpha value is -1.72. The molecule has 2 atom stereocenters. The van der Waals surface area contributed by atoms with Crippen LogP contribution in [0.2, 0.25) is 0 Å². The van der Waals surface area contributed by atoms with Gasteiger partial charge in [0, 0.05) is 17.8 Å². The van der Waals surface area contributed by atoms with Gasteiger partial charge in [-0.3, -0.25) is 9.17 Å². The van der Waals surface area contributed by atoms with Crippen LogP contribution in [0.4, 0.5) is 0 Å². The van der Waals surface area contributed by atoms with Gasteiger partial charge in [0.15, 0.2) is 0 Å². The largest absolute Gasteiger partial charge is 0.297 e. The van der Waals surface area contributed by atoms with Crippen molar-refractivity contribution < 1.29 is 12.6 Å². The minimum absolute atomic E-state index is 0.0326. The third-order valence-corrected chi connectivity index (χ3v) is 5.68. The number of benzene rings is 1. The van der Waals surface area contributed by atoms with Crippen LogP contribution in [-0.2, 0) is 14.3 Å². The summed E-state index contributed by atoms with van der Waals surface area (Å²) in [7, 11) is -3.75. The lowest BCUT2D eigenvalue weighted by atomic mass is 9.84. The highest BCUT2D eigenvalue weighted by molar-refractivity contribution is 7.86. The minimum atomic E-state index is -3.75. The van der Waals surface area contributed by atoms with Crippen LogP contribution in [-0.4, -0.2) is 19.5 Å². The zero-order valence-electron chi connectivity index (χ0n) is 13.2. The highest BCUT2D eigenvalue weighted by atomic mass is 32.2. The van der Waals surface area contributed by atoms with Crippen LogP contribution in [0.25, 0.3) is 0 Å². The highest BCUT2D eigenvalue weighted by Crippen LogP contribution is 2.35. The molecule has 0 radical (unpaired) electrons. The van der Waals surface area contributed by atoms with Gasteiger partial charge in [0.2, 0.25) is 0 Å². The standard InChI is InChI=1S/C18H21NO3S/c1-14-9-11-15(12-10-14)23(20,21)22-18-8-3-2-6-16(18)17-7-4-5-13-19-17/h4-5,7,9-13,16,18H,2-3,6,8H2,1H3. The van der Waals surface area contributed by atoms with Gasteiger partial charge in [-0.25, -0.2) is 0 Å². The predicted octanol–water partition coefficient (Wildman–Crippen LogP) is 3.82. The van der Waals surface area contributed by atoms with Crippen LogP contribution in [0.1, 0.15) is 42.9 Å². The molecule has 4 nitrogen and oxygen atoms in total. The van der Waals surface area contributed by atoms with Crippen LogP contribution >= 0.6 is 0 Å². The molecular weight excluding hydrogens is 310 g/mol. The number of aromatic nitrogens is 1. The monoisotopic (exact) mass is 331 g/mol. The van der Waals surface area contributed by atoms with Crippen LogP contribution < -0.4 is 0 Å². The molecule has 0 aliphatic heterocycles. The van der Waals surface area contributed by atoms with E-state index in [4.69, 9.17) is 4.18 Å².